The summed E-state index contributed by atoms with van der Waals surface area (Å²) in [6.45, 7) is 0.968. The molecule has 1 aromatic carbocycles. The summed E-state index contributed by atoms with van der Waals surface area (Å²) in [5.74, 6) is -3.79. The first-order valence-corrected chi connectivity index (χ1v) is 10.6. The molecule has 0 saturated carbocycles. The number of benzene rings is 1. The van der Waals surface area contributed by atoms with Crippen molar-refractivity contribution in [3.8, 4) is 0 Å². The predicted molar refractivity (Wildman–Crippen MR) is 104 cm³/mol. The third kappa shape index (κ3) is 6.81. The molecule has 2 saturated heterocycles. The number of hydrogen-bond donors (Lipinski definition) is 1. The van der Waals surface area contributed by atoms with E-state index in [1.165, 1.54) is 4.90 Å². The van der Waals surface area contributed by atoms with Crippen molar-refractivity contribution in [2.24, 2.45) is 11.8 Å². The molecule has 1 atom stereocenters. The van der Waals surface area contributed by atoms with Crippen molar-refractivity contribution >= 4 is 11.8 Å². The fourth-order valence-corrected chi connectivity index (χ4v) is 4.12. The zero-order valence-electron chi connectivity index (χ0n) is 17.6. The van der Waals surface area contributed by atoms with Crippen LogP contribution in [0.1, 0.15) is 35.2 Å². The van der Waals surface area contributed by atoms with Crippen LogP contribution in [0.25, 0.3) is 0 Å². The average molecular weight is 483 g/mol. The normalized spacial score (nSPS) is 20.8. The number of carbonyl (C=O) groups is 2. The summed E-state index contributed by atoms with van der Waals surface area (Å²) < 4.78 is 90.2. The largest absolute Gasteiger partial charge is 0.416 e. The molecule has 0 bridgehead atoms. The van der Waals surface area contributed by atoms with E-state index in [1.54, 1.807) is 0 Å². The molecule has 1 aromatic rings. The Morgan fingerprint density at radius 1 is 0.970 bits per heavy atom. The molecule has 0 radical (unpaired) electrons. The molecule has 12 heteroatoms. The lowest BCUT2D eigenvalue weighted by molar-refractivity contribution is -0.171. The number of rotatable bonds is 5. The summed E-state index contributed by atoms with van der Waals surface area (Å²) in [5.41, 5.74) is -1.67. The van der Waals surface area contributed by atoms with E-state index < -0.39 is 41.1 Å². The van der Waals surface area contributed by atoms with Gasteiger partial charge in [-0.15, -0.1) is 0 Å². The minimum Gasteiger partial charge on any atom is -0.352 e. The highest BCUT2D eigenvalue weighted by molar-refractivity contribution is 5.94. The van der Waals surface area contributed by atoms with Gasteiger partial charge in [-0.1, -0.05) is 0 Å². The monoisotopic (exact) mass is 483 g/mol. The lowest BCUT2D eigenvalue weighted by Crippen LogP contribution is -2.44. The van der Waals surface area contributed by atoms with E-state index in [2.05, 4.69) is 5.32 Å². The summed E-state index contributed by atoms with van der Waals surface area (Å²) in [4.78, 5) is 27.6. The second-order valence-corrected chi connectivity index (χ2v) is 8.52. The standard InChI is InChI=1S/C21H24F7N3O2/c22-17-8-14(7-16(9-17)21(26,27)28)19(33)29-10-13-1-4-30(5-2-13)12-18(32)31-6-3-15(11-31)20(23,24)25/h7-9,13,15H,1-6,10-12H2,(H,29,33). The number of nitrogens with zero attached hydrogens (tertiary/aromatic N) is 2. The third-order valence-corrected chi connectivity index (χ3v) is 6.11. The van der Waals surface area contributed by atoms with Crippen LogP contribution in [0.4, 0.5) is 30.7 Å². The average Bonchev–Trinajstić information content (AvgIpc) is 3.23. The van der Waals surface area contributed by atoms with Crippen LogP contribution in [0, 0.1) is 17.7 Å². The first kappa shape index (κ1) is 25.3. The fraction of sp³-hybridized carbons (Fsp3) is 0.619. The molecule has 3 rings (SSSR count). The predicted octanol–water partition coefficient (Wildman–Crippen LogP) is 3.70. The molecule has 33 heavy (non-hydrogen) atoms. The number of nitrogens with one attached hydrogen (secondary N) is 1. The van der Waals surface area contributed by atoms with Crippen LogP contribution in [0.2, 0.25) is 0 Å². The molecule has 184 valence electrons. The number of halogens is 7. The fourth-order valence-electron chi connectivity index (χ4n) is 4.12. The molecule has 0 aliphatic carbocycles. The highest BCUT2D eigenvalue weighted by Gasteiger charge is 2.44. The minimum absolute atomic E-state index is 0.0114. The summed E-state index contributed by atoms with van der Waals surface area (Å²) in [5, 5.41) is 2.52. The van der Waals surface area contributed by atoms with Gasteiger partial charge in [-0.05, 0) is 56.5 Å². The van der Waals surface area contributed by atoms with Gasteiger partial charge in [-0.25, -0.2) is 4.39 Å². The van der Waals surface area contributed by atoms with E-state index in [-0.39, 0.29) is 44.4 Å². The van der Waals surface area contributed by atoms with Crippen molar-refractivity contribution in [3.05, 3.63) is 35.1 Å². The number of likely N-dealkylation sites (tertiary alicyclic amines) is 2. The molecule has 0 aromatic heterocycles. The van der Waals surface area contributed by atoms with Gasteiger partial charge in [0.1, 0.15) is 5.82 Å². The van der Waals surface area contributed by atoms with Gasteiger partial charge in [0.2, 0.25) is 5.91 Å². The maximum atomic E-state index is 13.5. The zero-order valence-corrected chi connectivity index (χ0v) is 17.6. The molecular formula is C21H24F7N3O2. The van der Waals surface area contributed by atoms with Gasteiger partial charge in [0.15, 0.2) is 0 Å². The van der Waals surface area contributed by atoms with Crippen molar-refractivity contribution < 1.29 is 40.3 Å². The van der Waals surface area contributed by atoms with E-state index >= 15 is 0 Å². The maximum Gasteiger partial charge on any atom is 0.416 e. The molecule has 2 heterocycles. The summed E-state index contributed by atoms with van der Waals surface area (Å²) >= 11 is 0. The first-order chi connectivity index (χ1) is 15.3. The Bertz CT molecular complexity index is 864. The van der Waals surface area contributed by atoms with Crippen LogP contribution in [0.3, 0.4) is 0 Å². The van der Waals surface area contributed by atoms with E-state index in [9.17, 15) is 40.3 Å². The molecule has 2 fully saturated rings. The second-order valence-electron chi connectivity index (χ2n) is 8.52. The number of amides is 2. The Labute approximate surface area is 185 Å². The Balaban J connectivity index is 1.42. The van der Waals surface area contributed by atoms with Gasteiger partial charge in [-0.3, -0.25) is 14.5 Å². The topological polar surface area (TPSA) is 52.7 Å². The minimum atomic E-state index is -4.77. The van der Waals surface area contributed by atoms with Crippen molar-refractivity contribution in [1.82, 2.24) is 15.1 Å². The molecular weight excluding hydrogens is 459 g/mol. The van der Waals surface area contributed by atoms with E-state index in [0.29, 0.717) is 38.1 Å². The van der Waals surface area contributed by atoms with Crippen LogP contribution < -0.4 is 5.32 Å². The molecule has 2 aliphatic rings. The molecule has 2 aliphatic heterocycles. The number of hydrogen-bond acceptors (Lipinski definition) is 3. The highest BCUT2D eigenvalue weighted by atomic mass is 19.4. The molecule has 1 unspecified atom stereocenters. The van der Waals surface area contributed by atoms with E-state index in [1.807, 2.05) is 4.90 Å². The zero-order chi connectivity index (χ0) is 24.4. The summed E-state index contributed by atoms with van der Waals surface area (Å²) in [7, 11) is 0. The Morgan fingerprint density at radius 3 is 2.21 bits per heavy atom. The van der Waals surface area contributed by atoms with Gasteiger partial charge >= 0.3 is 12.4 Å². The van der Waals surface area contributed by atoms with Crippen LogP contribution in [-0.2, 0) is 11.0 Å². The van der Waals surface area contributed by atoms with Crippen LogP contribution in [0.15, 0.2) is 18.2 Å². The second kappa shape index (κ2) is 9.86. The maximum absolute atomic E-state index is 13.5. The number of alkyl halides is 6. The van der Waals surface area contributed by atoms with Crippen LogP contribution in [-0.4, -0.2) is 67.1 Å². The van der Waals surface area contributed by atoms with Gasteiger partial charge in [0, 0.05) is 25.2 Å². The molecule has 0 spiro atoms. The Morgan fingerprint density at radius 2 is 1.64 bits per heavy atom. The van der Waals surface area contributed by atoms with Gasteiger partial charge in [0.25, 0.3) is 5.91 Å². The number of carbonyl (C=O) groups excluding carboxylic acids is 2. The third-order valence-electron chi connectivity index (χ3n) is 6.11. The van der Waals surface area contributed by atoms with Gasteiger partial charge < -0.3 is 10.2 Å². The first-order valence-electron chi connectivity index (χ1n) is 10.6. The summed E-state index contributed by atoms with van der Waals surface area (Å²) in [6, 6.07) is 1.65. The van der Waals surface area contributed by atoms with Gasteiger partial charge in [-0.2, -0.15) is 26.3 Å². The van der Waals surface area contributed by atoms with Crippen LogP contribution in [0.5, 0.6) is 0 Å². The summed E-state index contributed by atoms with van der Waals surface area (Å²) in [6.07, 6.45) is -7.99. The van der Waals surface area contributed by atoms with E-state index in [4.69, 9.17) is 0 Å². The van der Waals surface area contributed by atoms with Crippen molar-refractivity contribution in [1.29, 1.82) is 0 Å². The van der Waals surface area contributed by atoms with E-state index in [0.717, 1.165) is 6.07 Å². The van der Waals surface area contributed by atoms with Crippen molar-refractivity contribution in [3.63, 3.8) is 0 Å². The molecule has 1 N–H and O–H groups in total. The lowest BCUT2D eigenvalue weighted by Gasteiger charge is -2.32. The Kier molecular flexibility index (Phi) is 7.55. The van der Waals surface area contributed by atoms with Crippen LogP contribution >= 0.6 is 0 Å². The quantitative estimate of drug-likeness (QED) is 0.650. The van der Waals surface area contributed by atoms with Crippen molar-refractivity contribution in [2.45, 2.75) is 31.6 Å². The smallest absolute Gasteiger partial charge is 0.352 e. The SMILES string of the molecule is O=C(NCC1CCN(CC(=O)N2CCC(C(F)(F)F)C2)CC1)c1cc(F)cc(C(F)(F)F)c1. The number of piperidine rings is 1. The van der Waals surface area contributed by atoms with Gasteiger partial charge in [0.05, 0.1) is 18.0 Å². The highest BCUT2D eigenvalue weighted by Crippen LogP contribution is 2.33. The van der Waals surface area contributed by atoms with Crippen molar-refractivity contribution in [2.75, 3.05) is 39.3 Å². The Hall–Kier alpha value is -2.37. The molecule has 5 nitrogen and oxygen atoms in total. The molecule has 2 amide bonds. The lowest BCUT2D eigenvalue weighted by atomic mass is 9.96.